The number of rotatable bonds is 2. The number of hydrogen-bond acceptors (Lipinski definition) is 3. The molecule has 110 valence electrons. The van der Waals surface area contributed by atoms with Crippen LogP contribution in [0, 0.1) is 5.41 Å². The molecular weight excluding hydrogens is 242 g/mol. The Morgan fingerprint density at radius 1 is 1.37 bits per heavy atom. The van der Waals surface area contributed by atoms with E-state index < -0.39 is 11.3 Å². The number of carbonyl (C=O) groups excluding carboxylic acids is 1. The minimum absolute atomic E-state index is 0.0742. The van der Waals surface area contributed by atoms with Crippen LogP contribution in [0.5, 0.6) is 0 Å². The third-order valence-electron chi connectivity index (χ3n) is 3.46. The Hall–Kier alpha value is -1.03. The predicted octanol–water partition coefficient (Wildman–Crippen LogP) is 3.57. The van der Waals surface area contributed by atoms with Gasteiger partial charge in [-0.15, -0.1) is 6.58 Å². The molecule has 0 saturated carbocycles. The molecule has 1 rings (SSSR count). The largest absolute Gasteiger partial charge is 0.444 e. The van der Waals surface area contributed by atoms with Crippen LogP contribution in [-0.2, 0) is 9.47 Å². The maximum absolute atomic E-state index is 12.4. The van der Waals surface area contributed by atoms with Crippen molar-refractivity contribution in [2.45, 2.75) is 65.8 Å². The van der Waals surface area contributed by atoms with Gasteiger partial charge < -0.3 is 9.47 Å². The zero-order valence-corrected chi connectivity index (χ0v) is 13.2. The molecule has 19 heavy (non-hydrogen) atoms. The van der Waals surface area contributed by atoms with Crippen molar-refractivity contribution in [1.82, 2.24) is 4.90 Å². The van der Waals surface area contributed by atoms with Gasteiger partial charge in [-0.2, -0.15) is 0 Å². The summed E-state index contributed by atoms with van der Waals surface area (Å²) >= 11 is 0. The van der Waals surface area contributed by atoms with E-state index in [0.717, 1.165) is 0 Å². The van der Waals surface area contributed by atoms with Crippen LogP contribution in [0.3, 0.4) is 0 Å². The maximum Gasteiger partial charge on any atom is 0.412 e. The van der Waals surface area contributed by atoms with Crippen molar-refractivity contribution in [2.24, 2.45) is 5.41 Å². The monoisotopic (exact) mass is 269 g/mol. The number of hydrogen-bond donors (Lipinski definition) is 0. The predicted molar refractivity (Wildman–Crippen MR) is 75.9 cm³/mol. The third kappa shape index (κ3) is 3.50. The van der Waals surface area contributed by atoms with E-state index in [2.05, 4.69) is 6.58 Å². The zero-order valence-electron chi connectivity index (χ0n) is 13.2. The molecule has 0 spiro atoms. The molecule has 1 aliphatic rings. The highest BCUT2D eigenvalue weighted by Crippen LogP contribution is 2.38. The Morgan fingerprint density at radius 2 is 1.89 bits per heavy atom. The molecule has 1 fully saturated rings. The van der Waals surface area contributed by atoms with Gasteiger partial charge in [0.15, 0.2) is 0 Å². The van der Waals surface area contributed by atoms with E-state index in [9.17, 15) is 4.79 Å². The summed E-state index contributed by atoms with van der Waals surface area (Å²) in [6.45, 7) is 17.8. The van der Waals surface area contributed by atoms with Crippen molar-refractivity contribution in [3.05, 3.63) is 12.7 Å². The molecular formula is C15H27NO3. The van der Waals surface area contributed by atoms with Crippen LogP contribution in [0.15, 0.2) is 12.7 Å². The summed E-state index contributed by atoms with van der Waals surface area (Å²) in [5.74, 6) is 0. The first-order chi connectivity index (χ1) is 8.41. The van der Waals surface area contributed by atoms with Crippen molar-refractivity contribution >= 4 is 6.09 Å². The van der Waals surface area contributed by atoms with E-state index in [0.29, 0.717) is 6.61 Å². The van der Waals surface area contributed by atoms with Gasteiger partial charge in [0.05, 0.1) is 12.6 Å². The number of ether oxygens (including phenoxy) is 2. The summed E-state index contributed by atoms with van der Waals surface area (Å²) in [6, 6.07) is -0.0742. The molecule has 1 heterocycles. The van der Waals surface area contributed by atoms with Gasteiger partial charge in [0.25, 0.3) is 0 Å². The van der Waals surface area contributed by atoms with Crippen molar-refractivity contribution in [2.75, 3.05) is 6.61 Å². The van der Waals surface area contributed by atoms with E-state index in [-0.39, 0.29) is 17.6 Å². The summed E-state index contributed by atoms with van der Waals surface area (Å²) in [6.07, 6.45) is 1.52. The fourth-order valence-corrected chi connectivity index (χ4v) is 2.14. The van der Waals surface area contributed by atoms with Crippen molar-refractivity contribution in [3.63, 3.8) is 0 Å². The quantitative estimate of drug-likeness (QED) is 0.719. The van der Waals surface area contributed by atoms with Gasteiger partial charge in [-0.1, -0.05) is 19.9 Å². The van der Waals surface area contributed by atoms with Crippen molar-refractivity contribution in [3.8, 4) is 0 Å². The van der Waals surface area contributed by atoms with Crippen molar-refractivity contribution < 1.29 is 14.3 Å². The summed E-state index contributed by atoms with van der Waals surface area (Å²) in [4.78, 5) is 14.1. The van der Waals surface area contributed by atoms with E-state index >= 15 is 0 Å². The first-order valence-corrected chi connectivity index (χ1v) is 6.70. The molecule has 1 atom stereocenters. The summed E-state index contributed by atoms with van der Waals surface area (Å²) in [7, 11) is 0. The molecule has 0 aliphatic carbocycles. The van der Waals surface area contributed by atoms with Crippen LogP contribution in [0.1, 0.15) is 48.5 Å². The number of amides is 1. The van der Waals surface area contributed by atoms with Gasteiger partial charge in [-0.3, -0.25) is 4.90 Å². The fraction of sp³-hybridized carbons (Fsp3) is 0.800. The van der Waals surface area contributed by atoms with Crippen LogP contribution in [0.25, 0.3) is 0 Å². The highest BCUT2D eigenvalue weighted by molar-refractivity contribution is 5.70. The van der Waals surface area contributed by atoms with Gasteiger partial charge in [0.1, 0.15) is 11.3 Å². The normalized spacial score (nSPS) is 23.3. The van der Waals surface area contributed by atoms with Gasteiger partial charge in [-0.25, -0.2) is 4.79 Å². The second kappa shape index (κ2) is 4.82. The van der Waals surface area contributed by atoms with Crippen molar-refractivity contribution in [1.29, 1.82) is 0 Å². The Bertz CT molecular complexity index is 366. The maximum atomic E-state index is 12.4. The first kappa shape index (κ1) is 16.0. The average molecular weight is 269 g/mol. The van der Waals surface area contributed by atoms with Crippen LogP contribution in [0.2, 0.25) is 0 Å². The molecule has 1 saturated heterocycles. The summed E-state index contributed by atoms with van der Waals surface area (Å²) in [5.41, 5.74) is -1.41. The van der Waals surface area contributed by atoms with E-state index in [1.54, 1.807) is 4.90 Å². The molecule has 1 aliphatic heterocycles. The van der Waals surface area contributed by atoms with E-state index in [1.807, 2.05) is 54.5 Å². The van der Waals surface area contributed by atoms with E-state index in [1.165, 1.54) is 0 Å². The lowest BCUT2D eigenvalue weighted by molar-refractivity contribution is -0.0656. The fourth-order valence-electron chi connectivity index (χ4n) is 2.14. The van der Waals surface area contributed by atoms with Gasteiger partial charge in [0.2, 0.25) is 0 Å². The SMILES string of the molecule is C=CC(C)(C)[C@H]1COC(C)(C)N1C(=O)OC(C)(C)C. The number of nitrogens with zero attached hydrogens (tertiary/aromatic N) is 1. The van der Waals surface area contributed by atoms with Gasteiger partial charge >= 0.3 is 6.09 Å². The highest BCUT2D eigenvalue weighted by atomic mass is 16.6. The lowest BCUT2D eigenvalue weighted by atomic mass is 9.84. The minimum Gasteiger partial charge on any atom is -0.444 e. The first-order valence-electron chi connectivity index (χ1n) is 6.70. The Morgan fingerprint density at radius 3 is 2.32 bits per heavy atom. The van der Waals surface area contributed by atoms with E-state index in [4.69, 9.17) is 9.47 Å². The highest BCUT2D eigenvalue weighted by Gasteiger charge is 2.50. The van der Waals surface area contributed by atoms with Gasteiger partial charge in [0, 0.05) is 5.41 Å². The molecule has 0 aromatic rings. The van der Waals surface area contributed by atoms with Gasteiger partial charge in [-0.05, 0) is 34.6 Å². The second-order valence-electron chi connectivity index (χ2n) is 7.15. The average Bonchev–Trinajstić information content (AvgIpc) is 2.52. The topological polar surface area (TPSA) is 38.8 Å². The van der Waals surface area contributed by atoms with Crippen LogP contribution in [-0.4, -0.2) is 35.0 Å². The molecule has 0 radical (unpaired) electrons. The van der Waals surface area contributed by atoms with Crippen LogP contribution >= 0.6 is 0 Å². The zero-order chi connectivity index (χ0) is 15.1. The molecule has 0 aromatic carbocycles. The molecule has 0 N–H and O–H groups in total. The smallest absolute Gasteiger partial charge is 0.412 e. The molecule has 0 bridgehead atoms. The Balaban J connectivity index is 3.03. The molecule has 0 unspecified atom stereocenters. The molecule has 0 aromatic heterocycles. The summed E-state index contributed by atoms with van der Waals surface area (Å²) in [5, 5.41) is 0. The second-order valence-corrected chi connectivity index (χ2v) is 7.15. The molecule has 1 amide bonds. The minimum atomic E-state index is -0.659. The third-order valence-corrected chi connectivity index (χ3v) is 3.46. The van der Waals surface area contributed by atoms with Crippen LogP contribution < -0.4 is 0 Å². The molecule has 4 nitrogen and oxygen atoms in total. The standard InChI is InChI=1S/C15H27NO3/c1-9-14(5,6)11-10-18-15(7,8)16(11)12(17)19-13(2,3)4/h9,11H,1,10H2,2-8H3/t11-/m1/s1. The lowest BCUT2D eigenvalue weighted by Crippen LogP contribution is -2.53. The lowest BCUT2D eigenvalue weighted by Gasteiger charge is -2.39. The van der Waals surface area contributed by atoms with Crippen LogP contribution in [0.4, 0.5) is 4.79 Å². The number of carbonyl (C=O) groups is 1. The summed E-state index contributed by atoms with van der Waals surface area (Å²) < 4.78 is 11.3. The molecule has 4 heteroatoms. The Kier molecular flexibility index (Phi) is 4.06. The Labute approximate surface area is 116 Å².